The van der Waals surface area contributed by atoms with E-state index < -0.39 is 29.5 Å². The molecule has 0 aromatic heterocycles. The van der Waals surface area contributed by atoms with Crippen LogP contribution in [0.3, 0.4) is 0 Å². The van der Waals surface area contributed by atoms with E-state index >= 15 is 0 Å². The Kier molecular flexibility index (Phi) is 9.31. The zero-order chi connectivity index (χ0) is 25.8. The summed E-state index contributed by atoms with van der Waals surface area (Å²) in [7, 11) is 0. The van der Waals surface area contributed by atoms with Crippen LogP contribution < -0.4 is 40.0 Å². The number of carboxylic acids is 1. The SMILES string of the molecule is C[C@H](CCC(=O)NCCC(=O)[O-])[C@H]1CCC2C3C(CC[C@@]21C)[C@@]1(C)CC(F)(F)[C@H](O)C[C@H]1C[C@@H]3O.[Na+]. The number of amides is 1. The fourth-order valence-electron chi connectivity index (χ4n) is 9.16. The first-order valence-electron chi connectivity index (χ1n) is 13.5. The monoisotopic (exact) mass is 521 g/mol. The molecular weight excluding hydrogens is 479 g/mol. The van der Waals surface area contributed by atoms with Crippen molar-refractivity contribution in [2.45, 2.75) is 103 Å². The second-order valence-electron chi connectivity index (χ2n) is 12.7. The summed E-state index contributed by atoms with van der Waals surface area (Å²) in [6.45, 7) is 6.55. The van der Waals surface area contributed by atoms with Gasteiger partial charge in [-0.05, 0) is 91.3 Å². The molecule has 9 heteroatoms. The summed E-state index contributed by atoms with van der Waals surface area (Å²) in [4.78, 5) is 22.7. The van der Waals surface area contributed by atoms with Crippen LogP contribution in [0.2, 0.25) is 0 Å². The van der Waals surface area contributed by atoms with Gasteiger partial charge in [-0.15, -0.1) is 0 Å². The topological polar surface area (TPSA) is 110 Å². The van der Waals surface area contributed by atoms with E-state index in [-0.39, 0.29) is 90.4 Å². The Morgan fingerprint density at radius 1 is 1.06 bits per heavy atom. The minimum atomic E-state index is -3.08. The Hall–Kier alpha value is -0.280. The fraction of sp³-hybridized carbons (Fsp3) is 0.926. The number of halogens is 2. The van der Waals surface area contributed by atoms with E-state index in [9.17, 15) is 33.7 Å². The fourth-order valence-corrected chi connectivity index (χ4v) is 9.16. The van der Waals surface area contributed by atoms with E-state index in [0.29, 0.717) is 31.1 Å². The maximum absolute atomic E-state index is 14.7. The molecule has 4 rings (SSSR count). The van der Waals surface area contributed by atoms with Crippen LogP contribution in [0, 0.1) is 46.3 Å². The van der Waals surface area contributed by atoms with Gasteiger partial charge in [0.1, 0.15) is 6.10 Å². The maximum Gasteiger partial charge on any atom is 1.00 e. The zero-order valence-corrected chi connectivity index (χ0v) is 24.3. The molecule has 4 saturated carbocycles. The molecule has 0 bridgehead atoms. The smallest absolute Gasteiger partial charge is 0.550 e. The first-order valence-corrected chi connectivity index (χ1v) is 13.5. The maximum atomic E-state index is 14.7. The molecule has 0 spiro atoms. The number of carboxylic acid groups (broad SMARTS) is 1. The number of carbonyl (C=O) groups excluding carboxylic acids is 2. The van der Waals surface area contributed by atoms with Crippen LogP contribution in [0.1, 0.15) is 85.0 Å². The van der Waals surface area contributed by atoms with Crippen LogP contribution in [-0.4, -0.2) is 46.8 Å². The first-order chi connectivity index (χ1) is 16.3. The largest absolute Gasteiger partial charge is 1.00 e. The van der Waals surface area contributed by atoms with Gasteiger partial charge >= 0.3 is 29.6 Å². The summed E-state index contributed by atoms with van der Waals surface area (Å²) in [6, 6.07) is 0. The number of hydrogen-bond acceptors (Lipinski definition) is 5. The van der Waals surface area contributed by atoms with Crippen molar-refractivity contribution in [2.75, 3.05) is 6.54 Å². The van der Waals surface area contributed by atoms with Crippen LogP contribution in [0.15, 0.2) is 0 Å². The molecule has 10 atom stereocenters. The number of aliphatic carboxylic acids is 1. The number of aliphatic hydroxyl groups excluding tert-OH is 2. The molecule has 3 unspecified atom stereocenters. The molecule has 1 amide bonds. The van der Waals surface area contributed by atoms with Crippen molar-refractivity contribution in [1.82, 2.24) is 5.32 Å². The molecule has 0 heterocycles. The second kappa shape index (κ2) is 11.1. The standard InChI is InChI=1S/C27H43F2NO5.Na/c1-15(4-7-22(33)30-11-9-23(34)35)17-5-6-18-24-19(8-10-25(17,18)2)26(3)14-27(28,29)21(32)13-16(26)12-20(24)31;/h15-21,24,31-32H,4-14H2,1-3H3,(H,30,33)(H,34,35);/q;+1/p-1/t15-,16-,17-,18?,19?,20+,21-,24?,25-,26+;/m1./s1. The Balaban J connectivity index is 0.00000361. The van der Waals surface area contributed by atoms with Crippen LogP contribution in [0.4, 0.5) is 8.78 Å². The summed E-state index contributed by atoms with van der Waals surface area (Å²) in [6.07, 6.45) is 2.73. The van der Waals surface area contributed by atoms with Crippen molar-refractivity contribution >= 4 is 11.9 Å². The van der Waals surface area contributed by atoms with Gasteiger partial charge < -0.3 is 25.4 Å². The average Bonchev–Trinajstić information content (AvgIpc) is 3.11. The number of fused-ring (bicyclic) bond motifs is 5. The van der Waals surface area contributed by atoms with Crippen molar-refractivity contribution < 1.29 is 63.2 Å². The molecule has 0 aromatic carbocycles. The Morgan fingerprint density at radius 3 is 2.39 bits per heavy atom. The molecule has 4 fully saturated rings. The van der Waals surface area contributed by atoms with E-state index in [0.717, 1.165) is 25.7 Å². The average molecular weight is 522 g/mol. The third-order valence-corrected chi connectivity index (χ3v) is 10.9. The molecule has 4 aliphatic rings. The Bertz CT molecular complexity index is 830. The summed E-state index contributed by atoms with van der Waals surface area (Å²) in [5, 5.41) is 34.5. The molecule has 200 valence electrons. The van der Waals surface area contributed by atoms with Crippen molar-refractivity contribution in [1.29, 1.82) is 0 Å². The van der Waals surface area contributed by atoms with Crippen LogP contribution in [-0.2, 0) is 9.59 Å². The molecule has 6 nitrogen and oxygen atoms in total. The number of alkyl halides is 2. The summed E-state index contributed by atoms with van der Waals surface area (Å²) in [5.74, 6) is -3.47. The molecule has 0 saturated heterocycles. The van der Waals surface area contributed by atoms with Gasteiger partial charge in [-0.1, -0.05) is 20.8 Å². The molecule has 3 N–H and O–H groups in total. The van der Waals surface area contributed by atoms with Crippen molar-refractivity contribution in [3.63, 3.8) is 0 Å². The third kappa shape index (κ3) is 5.41. The van der Waals surface area contributed by atoms with E-state index in [1.807, 2.05) is 6.92 Å². The van der Waals surface area contributed by atoms with Gasteiger partial charge in [0.2, 0.25) is 5.91 Å². The second-order valence-corrected chi connectivity index (χ2v) is 12.7. The zero-order valence-electron chi connectivity index (χ0n) is 22.3. The normalized spacial score (nSPS) is 43.8. The van der Waals surface area contributed by atoms with Crippen molar-refractivity contribution in [3.8, 4) is 0 Å². The predicted molar refractivity (Wildman–Crippen MR) is 124 cm³/mol. The summed E-state index contributed by atoms with van der Waals surface area (Å²) < 4.78 is 29.3. The molecule has 0 radical (unpaired) electrons. The summed E-state index contributed by atoms with van der Waals surface area (Å²) in [5.41, 5.74) is -0.561. The van der Waals surface area contributed by atoms with Crippen LogP contribution in [0.5, 0.6) is 0 Å². The van der Waals surface area contributed by atoms with Crippen LogP contribution >= 0.6 is 0 Å². The van der Waals surface area contributed by atoms with Crippen LogP contribution in [0.25, 0.3) is 0 Å². The third-order valence-electron chi connectivity index (χ3n) is 10.9. The van der Waals surface area contributed by atoms with E-state index in [2.05, 4.69) is 19.2 Å². The van der Waals surface area contributed by atoms with Gasteiger partial charge in [0.25, 0.3) is 5.92 Å². The molecule has 36 heavy (non-hydrogen) atoms. The van der Waals surface area contributed by atoms with E-state index in [1.165, 1.54) is 0 Å². The molecule has 0 aromatic rings. The van der Waals surface area contributed by atoms with Gasteiger partial charge in [0.05, 0.1) is 6.10 Å². The van der Waals surface area contributed by atoms with E-state index in [4.69, 9.17) is 0 Å². The van der Waals surface area contributed by atoms with Gasteiger partial charge in [0.15, 0.2) is 0 Å². The minimum absolute atomic E-state index is 0. The van der Waals surface area contributed by atoms with E-state index in [1.54, 1.807) is 0 Å². The Morgan fingerprint density at radius 2 is 1.72 bits per heavy atom. The number of hydrogen-bond donors (Lipinski definition) is 3. The molecule has 0 aliphatic heterocycles. The number of aliphatic hydroxyl groups is 2. The first kappa shape index (κ1) is 30.3. The van der Waals surface area contributed by atoms with Gasteiger partial charge in [0, 0.05) is 31.8 Å². The van der Waals surface area contributed by atoms with Gasteiger partial charge in [-0.25, -0.2) is 8.78 Å². The molecular formula is C27H42F2NNaO5. The Labute approximate surface area is 235 Å². The van der Waals surface area contributed by atoms with Gasteiger partial charge in [-0.3, -0.25) is 4.79 Å². The number of carbonyl (C=O) groups is 2. The van der Waals surface area contributed by atoms with Crippen molar-refractivity contribution in [2.24, 2.45) is 46.3 Å². The molecule has 4 aliphatic carbocycles. The minimum Gasteiger partial charge on any atom is -0.550 e. The number of nitrogens with one attached hydrogen (secondary N) is 1. The van der Waals surface area contributed by atoms with Gasteiger partial charge in [-0.2, -0.15) is 0 Å². The predicted octanol–water partition coefficient (Wildman–Crippen LogP) is -0.101. The quantitative estimate of drug-likeness (QED) is 0.406. The number of rotatable bonds is 7. The summed E-state index contributed by atoms with van der Waals surface area (Å²) >= 11 is 0. The van der Waals surface area contributed by atoms with Crippen molar-refractivity contribution in [3.05, 3.63) is 0 Å².